The Balaban J connectivity index is 1.36. The number of hydrogen-bond acceptors (Lipinski definition) is 2. The van der Waals surface area contributed by atoms with Crippen LogP contribution in [0.1, 0.15) is 53.4 Å². The first-order valence-electron chi connectivity index (χ1n) is 9.94. The van der Waals surface area contributed by atoms with Crippen LogP contribution in [0, 0.1) is 11.8 Å². The summed E-state index contributed by atoms with van der Waals surface area (Å²) in [7, 11) is 0. The third kappa shape index (κ3) is 2.75. The second-order valence-electron chi connectivity index (χ2n) is 8.07. The third-order valence-corrected chi connectivity index (χ3v) is 6.60. The quantitative estimate of drug-likeness (QED) is 0.884. The van der Waals surface area contributed by atoms with Crippen LogP contribution >= 0.6 is 0 Å². The summed E-state index contributed by atoms with van der Waals surface area (Å²) in [5.74, 6) is 1.24. The maximum atomic E-state index is 12.6. The predicted octanol–water partition coefficient (Wildman–Crippen LogP) is 2.93. The van der Waals surface area contributed by atoms with Gasteiger partial charge in [-0.1, -0.05) is 48.5 Å². The first-order chi connectivity index (χ1) is 13.2. The number of rotatable bonds is 3. The van der Waals surface area contributed by atoms with Gasteiger partial charge in [-0.2, -0.15) is 0 Å². The molecule has 2 N–H and O–H groups in total. The number of nitrogens with one attached hydrogen (secondary N) is 2. The molecule has 2 bridgehead atoms. The van der Waals surface area contributed by atoms with E-state index in [-0.39, 0.29) is 17.7 Å². The van der Waals surface area contributed by atoms with E-state index in [2.05, 4.69) is 59.2 Å². The van der Waals surface area contributed by atoms with Crippen LogP contribution in [0.3, 0.4) is 0 Å². The maximum Gasteiger partial charge on any atom is 0.224 e. The van der Waals surface area contributed by atoms with E-state index in [4.69, 9.17) is 0 Å². The lowest BCUT2D eigenvalue weighted by Gasteiger charge is -2.45. The van der Waals surface area contributed by atoms with Gasteiger partial charge in [0.2, 0.25) is 11.8 Å². The minimum Gasteiger partial charge on any atom is -0.355 e. The zero-order chi connectivity index (χ0) is 18.4. The monoisotopic (exact) mass is 360 g/mol. The lowest BCUT2D eigenvalue weighted by molar-refractivity contribution is -0.129. The molecule has 1 saturated heterocycles. The van der Waals surface area contributed by atoms with Crippen molar-refractivity contribution in [3.05, 3.63) is 70.8 Å². The molecule has 4 aliphatic rings. The standard InChI is InChI=1S/C23H24N2O2/c26-21-10-9-14(12-24-21)23(27)25-13-15-11-20-16-5-1-3-7-18(16)22(15)19-8-4-2-6-17(19)20/h1-8,14-15,20,22H,9-13H2,(H,24,26)(H,25,27)/t14-,15+,20?,22?/m1/s1. The average Bonchev–Trinajstić information content (AvgIpc) is 2.72. The molecule has 2 aromatic carbocycles. The van der Waals surface area contributed by atoms with Gasteiger partial charge < -0.3 is 10.6 Å². The molecule has 4 nitrogen and oxygen atoms in total. The summed E-state index contributed by atoms with van der Waals surface area (Å²) in [4.78, 5) is 23.9. The summed E-state index contributed by atoms with van der Waals surface area (Å²) >= 11 is 0. The molecule has 0 spiro atoms. The van der Waals surface area contributed by atoms with Gasteiger partial charge in [0.05, 0.1) is 5.92 Å². The maximum absolute atomic E-state index is 12.6. The lowest BCUT2D eigenvalue weighted by atomic mass is 9.59. The van der Waals surface area contributed by atoms with Crippen molar-refractivity contribution in [3.63, 3.8) is 0 Å². The van der Waals surface area contributed by atoms with Crippen LogP contribution < -0.4 is 10.6 Å². The Kier molecular flexibility index (Phi) is 4.00. The van der Waals surface area contributed by atoms with Crippen LogP contribution in [0.25, 0.3) is 0 Å². The molecule has 27 heavy (non-hydrogen) atoms. The Labute approximate surface area is 159 Å². The van der Waals surface area contributed by atoms with Crippen LogP contribution in [0.5, 0.6) is 0 Å². The van der Waals surface area contributed by atoms with Crippen LogP contribution in [0.4, 0.5) is 0 Å². The molecule has 1 aliphatic heterocycles. The topological polar surface area (TPSA) is 58.2 Å². The van der Waals surface area contributed by atoms with E-state index >= 15 is 0 Å². The highest BCUT2D eigenvalue weighted by atomic mass is 16.2. The molecule has 2 aromatic rings. The Morgan fingerprint density at radius 1 is 1.00 bits per heavy atom. The van der Waals surface area contributed by atoms with Crippen LogP contribution in [-0.2, 0) is 9.59 Å². The molecule has 138 valence electrons. The van der Waals surface area contributed by atoms with Gasteiger partial charge in [0.1, 0.15) is 0 Å². The number of benzene rings is 2. The van der Waals surface area contributed by atoms with E-state index in [1.54, 1.807) is 0 Å². The van der Waals surface area contributed by atoms with Gasteiger partial charge in [-0.15, -0.1) is 0 Å². The molecule has 1 heterocycles. The molecule has 0 aromatic heterocycles. The van der Waals surface area contributed by atoms with Gasteiger partial charge in [0, 0.05) is 31.3 Å². The first kappa shape index (κ1) is 16.5. The Hall–Kier alpha value is -2.62. The smallest absolute Gasteiger partial charge is 0.224 e. The largest absolute Gasteiger partial charge is 0.355 e. The van der Waals surface area contributed by atoms with Crippen LogP contribution in [0.15, 0.2) is 48.5 Å². The number of amides is 2. The zero-order valence-electron chi connectivity index (χ0n) is 15.3. The molecule has 2 atom stereocenters. The summed E-state index contributed by atoms with van der Waals surface area (Å²) in [6.45, 7) is 1.17. The molecule has 0 unspecified atom stereocenters. The molecule has 2 amide bonds. The number of hydrogen-bond donors (Lipinski definition) is 2. The van der Waals surface area contributed by atoms with Crippen molar-refractivity contribution in [2.75, 3.05) is 13.1 Å². The van der Waals surface area contributed by atoms with Gasteiger partial charge in [-0.25, -0.2) is 0 Å². The van der Waals surface area contributed by atoms with Crippen molar-refractivity contribution in [1.82, 2.24) is 10.6 Å². The summed E-state index contributed by atoms with van der Waals surface area (Å²) in [5, 5.41) is 6.00. The normalized spacial score (nSPS) is 28.1. The number of piperidine rings is 1. The molecule has 3 aliphatic carbocycles. The zero-order valence-corrected chi connectivity index (χ0v) is 15.3. The minimum absolute atomic E-state index is 0.0526. The predicted molar refractivity (Wildman–Crippen MR) is 103 cm³/mol. The van der Waals surface area contributed by atoms with E-state index in [0.29, 0.717) is 43.7 Å². The van der Waals surface area contributed by atoms with E-state index in [1.165, 1.54) is 22.3 Å². The van der Waals surface area contributed by atoms with E-state index in [9.17, 15) is 9.59 Å². The van der Waals surface area contributed by atoms with Crippen molar-refractivity contribution < 1.29 is 9.59 Å². The second-order valence-corrected chi connectivity index (χ2v) is 8.07. The minimum atomic E-state index is -0.0944. The lowest BCUT2D eigenvalue weighted by Crippen LogP contribution is -2.45. The molecule has 0 radical (unpaired) electrons. The average molecular weight is 360 g/mol. The highest BCUT2D eigenvalue weighted by Crippen LogP contribution is 2.55. The van der Waals surface area contributed by atoms with E-state index < -0.39 is 0 Å². The highest BCUT2D eigenvalue weighted by molar-refractivity contribution is 5.83. The Morgan fingerprint density at radius 3 is 2.22 bits per heavy atom. The SMILES string of the molecule is O=C1CC[C@@H](C(=O)NC[C@@H]2CC3c4ccccc4C2c2ccccc23)CN1. The summed E-state index contributed by atoms with van der Waals surface area (Å²) < 4.78 is 0. The van der Waals surface area contributed by atoms with Gasteiger partial charge in [-0.05, 0) is 41.0 Å². The van der Waals surface area contributed by atoms with Crippen molar-refractivity contribution in [2.24, 2.45) is 11.8 Å². The molecule has 6 rings (SSSR count). The Morgan fingerprint density at radius 2 is 1.63 bits per heavy atom. The fourth-order valence-electron chi connectivity index (χ4n) is 5.29. The van der Waals surface area contributed by atoms with Crippen molar-refractivity contribution in [3.8, 4) is 0 Å². The first-order valence-corrected chi connectivity index (χ1v) is 9.94. The van der Waals surface area contributed by atoms with Crippen molar-refractivity contribution in [2.45, 2.75) is 31.1 Å². The van der Waals surface area contributed by atoms with Gasteiger partial charge in [0.15, 0.2) is 0 Å². The second kappa shape index (κ2) is 6.52. The molecule has 0 saturated carbocycles. The molecule has 4 heteroatoms. The Bertz CT molecular complexity index is 849. The van der Waals surface area contributed by atoms with Crippen molar-refractivity contribution in [1.29, 1.82) is 0 Å². The van der Waals surface area contributed by atoms with E-state index in [1.807, 2.05) is 0 Å². The summed E-state index contributed by atoms with van der Waals surface area (Å²) in [6.07, 6.45) is 2.19. The summed E-state index contributed by atoms with van der Waals surface area (Å²) in [6, 6.07) is 17.6. The molecule has 1 fully saturated rings. The van der Waals surface area contributed by atoms with Gasteiger partial charge >= 0.3 is 0 Å². The van der Waals surface area contributed by atoms with Gasteiger partial charge in [-0.3, -0.25) is 9.59 Å². The third-order valence-electron chi connectivity index (χ3n) is 6.60. The number of fused-ring (bicyclic) bond motifs is 1. The molecular weight excluding hydrogens is 336 g/mol. The number of carbonyl (C=O) groups is 2. The van der Waals surface area contributed by atoms with Crippen molar-refractivity contribution >= 4 is 11.8 Å². The fraction of sp³-hybridized carbons (Fsp3) is 0.391. The fourth-order valence-corrected chi connectivity index (χ4v) is 5.29. The number of carbonyl (C=O) groups excluding carboxylic acids is 2. The van der Waals surface area contributed by atoms with Crippen LogP contribution in [-0.4, -0.2) is 24.9 Å². The highest BCUT2D eigenvalue weighted by Gasteiger charge is 2.43. The summed E-state index contributed by atoms with van der Waals surface area (Å²) in [5.41, 5.74) is 5.77. The van der Waals surface area contributed by atoms with Gasteiger partial charge in [0.25, 0.3) is 0 Å². The van der Waals surface area contributed by atoms with E-state index in [0.717, 1.165) is 6.42 Å². The molecular formula is C23H24N2O2. The van der Waals surface area contributed by atoms with Crippen LogP contribution in [0.2, 0.25) is 0 Å².